The molecule has 0 spiro atoms. The minimum absolute atomic E-state index is 0.130. The van der Waals surface area contributed by atoms with Crippen molar-refractivity contribution >= 4 is 17.1 Å². The zero-order valence-electron chi connectivity index (χ0n) is 25.4. The maximum atomic E-state index is 14.8. The molecule has 6 nitrogen and oxygen atoms in total. The molecule has 2 atom stereocenters. The summed E-state index contributed by atoms with van der Waals surface area (Å²) in [6.07, 6.45) is 3.37. The molecule has 0 bridgehead atoms. The molecular weight excluding hydrogens is 616 g/mol. The van der Waals surface area contributed by atoms with Gasteiger partial charge in [0.15, 0.2) is 34.6 Å². The van der Waals surface area contributed by atoms with Crippen LogP contribution in [0.3, 0.4) is 0 Å². The Bertz CT molecular complexity index is 1830. The van der Waals surface area contributed by atoms with Crippen molar-refractivity contribution in [3.8, 4) is 23.0 Å². The maximum absolute atomic E-state index is 14.8. The molecule has 0 aromatic heterocycles. The highest BCUT2D eigenvalue weighted by atomic mass is 19.1. The zero-order chi connectivity index (χ0) is 33.1. The van der Waals surface area contributed by atoms with Crippen LogP contribution in [0.1, 0.15) is 52.2 Å². The van der Waals surface area contributed by atoms with Crippen LogP contribution in [0.4, 0.5) is 17.6 Å². The minimum atomic E-state index is -1.31. The third-order valence-electron chi connectivity index (χ3n) is 8.38. The van der Waals surface area contributed by atoms with E-state index < -0.39 is 46.5 Å². The highest BCUT2D eigenvalue weighted by Gasteiger charge is 2.39. The molecule has 1 aliphatic carbocycles. The average molecular weight is 647 g/mol. The molecule has 6 rings (SSSR count). The Balaban J connectivity index is 1.20. The minimum Gasteiger partial charge on any atom is -0.493 e. The van der Waals surface area contributed by atoms with Gasteiger partial charge in [0.2, 0.25) is 6.79 Å². The second kappa shape index (κ2) is 13.7. The lowest BCUT2D eigenvalue weighted by molar-refractivity contribution is -0.121. The number of carbonyl (C=O) groups excluding carboxylic acids is 2. The van der Waals surface area contributed by atoms with Crippen LogP contribution in [-0.2, 0) is 11.2 Å². The van der Waals surface area contributed by atoms with Crippen LogP contribution in [0.2, 0.25) is 0 Å². The second-order valence-corrected chi connectivity index (χ2v) is 11.4. The number of hydrogen-bond acceptors (Lipinski definition) is 6. The molecule has 2 aliphatic rings. The Labute approximate surface area is 268 Å². The highest BCUT2D eigenvalue weighted by Crippen LogP contribution is 2.49. The molecule has 47 heavy (non-hydrogen) atoms. The SMILES string of the molecule is COc1c(OCC(=O)CCCc2ccc3c(c2)OCO3)cccc1C1CC(c2ccc(F)cc2)=CC1C(=O)c1c(F)cc(F)cc1F. The predicted molar refractivity (Wildman–Crippen MR) is 165 cm³/mol. The Kier molecular flexibility index (Phi) is 9.29. The summed E-state index contributed by atoms with van der Waals surface area (Å²) >= 11 is 0. The maximum Gasteiger partial charge on any atom is 0.231 e. The van der Waals surface area contributed by atoms with Crippen molar-refractivity contribution < 1.29 is 46.1 Å². The molecule has 242 valence electrons. The molecule has 0 saturated carbocycles. The summed E-state index contributed by atoms with van der Waals surface area (Å²) in [5.41, 5.74) is 1.96. The van der Waals surface area contributed by atoms with Gasteiger partial charge < -0.3 is 18.9 Å². The van der Waals surface area contributed by atoms with Crippen LogP contribution < -0.4 is 18.9 Å². The molecule has 2 unspecified atom stereocenters. The third kappa shape index (κ3) is 6.86. The number of carbonyl (C=O) groups is 2. The topological polar surface area (TPSA) is 71.1 Å². The lowest BCUT2D eigenvalue weighted by Crippen LogP contribution is -2.21. The highest BCUT2D eigenvalue weighted by molar-refractivity contribution is 6.02. The summed E-state index contributed by atoms with van der Waals surface area (Å²) in [6.45, 7) is -0.0344. The standard InChI is InChI=1S/C37H30F4O6/c1-44-37-27(6-3-7-33(37)45-19-26(42)5-2-4-21-8-13-32-34(14-21)47-20-46-32)28-15-23(22-9-11-24(38)12-10-22)16-29(28)36(43)35-30(40)17-25(39)18-31(35)41/h3,6-14,16-18,28-29H,2,4-5,15,19-20H2,1H3. The Morgan fingerprint density at radius 1 is 0.872 bits per heavy atom. The van der Waals surface area contributed by atoms with Gasteiger partial charge in [-0.15, -0.1) is 0 Å². The first-order valence-electron chi connectivity index (χ1n) is 15.1. The lowest BCUT2D eigenvalue weighted by Gasteiger charge is -2.23. The first kappa shape index (κ1) is 31.8. The van der Waals surface area contributed by atoms with Crippen LogP contribution in [0.25, 0.3) is 5.57 Å². The number of aryl methyl sites for hydroxylation is 1. The van der Waals surface area contributed by atoms with Gasteiger partial charge in [-0.1, -0.05) is 36.4 Å². The Morgan fingerprint density at radius 2 is 1.62 bits per heavy atom. The quantitative estimate of drug-likeness (QED) is 0.115. The number of methoxy groups -OCH3 is 1. The van der Waals surface area contributed by atoms with E-state index in [1.54, 1.807) is 36.4 Å². The normalized spacial score (nSPS) is 16.6. The number of fused-ring (bicyclic) bond motifs is 1. The number of ketones is 2. The first-order valence-corrected chi connectivity index (χ1v) is 15.1. The molecule has 0 saturated heterocycles. The smallest absolute Gasteiger partial charge is 0.231 e. The van der Waals surface area contributed by atoms with Gasteiger partial charge >= 0.3 is 0 Å². The van der Waals surface area contributed by atoms with Gasteiger partial charge in [0.05, 0.1) is 12.7 Å². The number of ether oxygens (including phenoxy) is 4. The van der Waals surface area contributed by atoms with E-state index in [2.05, 4.69) is 0 Å². The lowest BCUT2D eigenvalue weighted by atomic mass is 9.82. The van der Waals surface area contributed by atoms with Crippen molar-refractivity contribution in [1.82, 2.24) is 0 Å². The molecule has 0 radical (unpaired) electrons. The van der Waals surface area contributed by atoms with E-state index in [0.717, 1.165) is 5.56 Å². The van der Waals surface area contributed by atoms with Crippen LogP contribution in [0, 0.1) is 29.2 Å². The number of allylic oxidation sites excluding steroid dienone is 2. The van der Waals surface area contributed by atoms with E-state index in [0.29, 0.717) is 53.2 Å². The first-order chi connectivity index (χ1) is 22.7. The summed E-state index contributed by atoms with van der Waals surface area (Å²) < 4.78 is 79.3. The molecular formula is C37H30F4O6. The Morgan fingerprint density at radius 3 is 2.36 bits per heavy atom. The molecule has 0 fully saturated rings. The summed E-state index contributed by atoms with van der Waals surface area (Å²) in [5, 5.41) is 0. The summed E-state index contributed by atoms with van der Waals surface area (Å²) in [4.78, 5) is 26.5. The van der Waals surface area contributed by atoms with E-state index in [4.69, 9.17) is 18.9 Å². The summed E-state index contributed by atoms with van der Waals surface area (Å²) in [6, 6.07) is 17.3. The van der Waals surface area contributed by atoms with E-state index in [-0.39, 0.29) is 43.5 Å². The largest absolute Gasteiger partial charge is 0.493 e. The van der Waals surface area contributed by atoms with E-state index >= 15 is 0 Å². The summed E-state index contributed by atoms with van der Waals surface area (Å²) in [5.74, 6) is -5.07. The van der Waals surface area contributed by atoms with Crippen molar-refractivity contribution in [2.24, 2.45) is 5.92 Å². The van der Waals surface area contributed by atoms with E-state index in [1.165, 1.54) is 19.2 Å². The molecule has 0 amide bonds. The van der Waals surface area contributed by atoms with Crippen LogP contribution in [0.15, 0.2) is 78.9 Å². The van der Waals surface area contributed by atoms with Crippen LogP contribution >= 0.6 is 0 Å². The van der Waals surface area contributed by atoms with Gasteiger partial charge in [0.25, 0.3) is 0 Å². The summed E-state index contributed by atoms with van der Waals surface area (Å²) in [7, 11) is 1.41. The van der Waals surface area contributed by atoms with Crippen molar-refractivity contribution in [2.45, 2.75) is 31.6 Å². The molecule has 4 aromatic rings. The number of hydrogen-bond donors (Lipinski definition) is 0. The van der Waals surface area contributed by atoms with E-state index in [1.807, 2.05) is 18.2 Å². The molecule has 10 heteroatoms. The van der Waals surface area contributed by atoms with Gasteiger partial charge in [0, 0.05) is 36.0 Å². The van der Waals surface area contributed by atoms with Crippen molar-refractivity contribution in [2.75, 3.05) is 20.5 Å². The predicted octanol–water partition coefficient (Wildman–Crippen LogP) is 8.02. The monoisotopic (exact) mass is 646 g/mol. The second-order valence-electron chi connectivity index (χ2n) is 11.4. The van der Waals surface area contributed by atoms with Crippen molar-refractivity contribution in [3.05, 3.63) is 124 Å². The fraction of sp³-hybridized carbons (Fsp3) is 0.243. The number of Topliss-reactive ketones (excluding diaryl/α,β-unsaturated/α-hetero) is 2. The zero-order valence-corrected chi connectivity index (χ0v) is 25.4. The number of rotatable bonds is 12. The van der Waals surface area contributed by atoms with Gasteiger partial charge in [-0.3, -0.25) is 9.59 Å². The van der Waals surface area contributed by atoms with Gasteiger partial charge in [-0.05, 0) is 66.3 Å². The fourth-order valence-electron chi connectivity index (χ4n) is 6.12. The van der Waals surface area contributed by atoms with Crippen molar-refractivity contribution in [1.29, 1.82) is 0 Å². The van der Waals surface area contributed by atoms with Crippen molar-refractivity contribution in [3.63, 3.8) is 0 Å². The van der Waals surface area contributed by atoms with Gasteiger partial charge in [-0.2, -0.15) is 0 Å². The van der Waals surface area contributed by atoms with Gasteiger partial charge in [-0.25, -0.2) is 17.6 Å². The number of halogens is 4. The average Bonchev–Trinajstić information content (AvgIpc) is 3.71. The number of para-hydroxylation sites is 1. The number of benzene rings is 4. The van der Waals surface area contributed by atoms with Crippen LogP contribution in [-0.4, -0.2) is 32.1 Å². The van der Waals surface area contributed by atoms with Crippen LogP contribution in [0.5, 0.6) is 23.0 Å². The van der Waals surface area contributed by atoms with Gasteiger partial charge in [0.1, 0.15) is 29.9 Å². The third-order valence-corrected chi connectivity index (χ3v) is 8.38. The Hall–Kier alpha value is -5.12. The molecule has 0 N–H and O–H groups in total. The molecule has 1 heterocycles. The molecule has 4 aromatic carbocycles. The van der Waals surface area contributed by atoms with E-state index in [9.17, 15) is 27.2 Å². The molecule has 1 aliphatic heterocycles. The fourth-order valence-corrected chi connectivity index (χ4v) is 6.12.